The third-order valence-corrected chi connectivity index (χ3v) is 3.71. The van der Waals surface area contributed by atoms with Crippen molar-refractivity contribution in [2.24, 2.45) is 0 Å². The molecule has 0 radical (unpaired) electrons. The number of nitrogens with one attached hydrogen (secondary N) is 1. The lowest BCUT2D eigenvalue weighted by Crippen LogP contribution is -2.10. The second-order valence-electron chi connectivity index (χ2n) is 5.18. The van der Waals surface area contributed by atoms with Crippen LogP contribution < -0.4 is 14.8 Å². The van der Waals surface area contributed by atoms with Crippen LogP contribution in [-0.2, 0) is 0 Å². The second kappa shape index (κ2) is 5.61. The molecule has 3 nitrogen and oxygen atoms in total. The summed E-state index contributed by atoms with van der Waals surface area (Å²) in [5.74, 6) is 2.77. The number of benzene rings is 1. The van der Waals surface area contributed by atoms with Crippen molar-refractivity contribution in [2.75, 3.05) is 27.3 Å². The van der Waals surface area contributed by atoms with Gasteiger partial charge in [-0.2, -0.15) is 0 Å². The average Bonchev–Trinajstić information content (AvgIpc) is 2.90. The molecule has 1 saturated heterocycles. The monoisotopic (exact) mass is 249 g/mol. The molecule has 1 aliphatic heterocycles. The number of rotatable bonds is 4. The Morgan fingerprint density at radius 2 is 1.83 bits per heavy atom. The molecule has 1 heterocycles. The SMILES string of the molecule is COc1cc(C(C)C)c(C2CCNC2)cc1OC. The standard InChI is InChI=1S/C15H23NO2/c1-10(2)12-7-14(17-3)15(18-4)8-13(12)11-5-6-16-9-11/h7-8,10-11,16H,5-6,9H2,1-4H3. The molecule has 0 aliphatic carbocycles. The third kappa shape index (κ3) is 2.46. The van der Waals surface area contributed by atoms with Crippen molar-refractivity contribution in [3.63, 3.8) is 0 Å². The molecule has 1 aromatic rings. The normalized spacial score (nSPS) is 19.3. The van der Waals surface area contributed by atoms with Gasteiger partial charge in [0.1, 0.15) is 0 Å². The summed E-state index contributed by atoms with van der Waals surface area (Å²) in [6, 6.07) is 4.29. The molecule has 0 aromatic heterocycles. The summed E-state index contributed by atoms with van der Waals surface area (Å²) in [6.45, 7) is 6.63. The fourth-order valence-electron chi connectivity index (χ4n) is 2.68. The van der Waals surface area contributed by atoms with Crippen LogP contribution in [0.5, 0.6) is 11.5 Å². The van der Waals surface area contributed by atoms with Crippen LogP contribution in [0.3, 0.4) is 0 Å². The fraction of sp³-hybridized carbons (Fsp3) is 0.600. The summed E-state index contributed by atoms with van der Waals surface area (Å²) < 4.78 is 10.8. The van der Waals surface area contributed by atoms with Crippen LogP contribution in [0.2, 0.25) is 0 Å². The molecule has 0 spiro atoms. The molecule has 1 N–H and O–H groups in total. The lowest BCUT2D eigenvalue weighted by molar-refractivity contribution is 0.353. The summed E-state index contributed by atoms with van der Waals surface area (Å²) in [4.78, 5) is 0. The zero-order valence-electron chi connectivity index (χ0n) is 11.7. The smallest absolute Gasteiger partial charge is 0.161 e. The van der Waals surface area contributed by atoms with E-state index < -0.39 is 0 Å². The maximum Gasteiger partial charge on any atom is 0.161 e. The molecule has 18 heavy (non-hydrogen) atoms. The largest absolute Gasteiger partial charge is 0.493 e. The Hall–Kier alpha value is -1.22. The molecule has 3 heteroatoms. The van der Waals surface area contributed by atoms with Gasteiger partial charge in [-0.05, 0) is 48.1 Å². The molecular formula is C15H23NO2. The van der Waals surface area contributed by atoms with E-state index in [1.54, 1.807) is 14.2 Å². The van der Waals surface area contributed by atoms with Gasteiger partial charge in [0, 0.05) is 6.54 Å². The van der Waals surface area contributed by atoms with Gasteiger partial charge in [-0.15, -0.1) is 0 Å². The lowest BCUT2D eigenvalue weighted by atomic mass is 9.88. The second-order valence-corrected chi connectivity index (χ2v) is 5.18. The molecule has 0 amide bonds. The minimum Gasteiger partial charge on any atom is -0.493 e. The lowest BCUT2D eigenvalue weighted by Gasteiger charge is -2.20. The van der Waals surface area contributed by atoms with Crippen molar-refractivity contribution in [3.8, 4) is 11.5 Å². The average molecular weight is 249 g/mol. The van der Waals surface area contributed by atoms with Crippen LogP contribution in [-0.4, -0.2) is 27.3 Å². The van der Waals surface area contributed by atoms with Gasteiger partial charge in [0.05, 0.1) is 14.2 Å². The van der Waals surface area contributed by atoms with Crippen LogP contribution in [0, 0.1) is 0 Å². The third-order valence-electron chi connectivity index (χ3n) is 3.71. The fourth-order valence-corrected chi connectivity index (χ4v) is 2.68. The van der Waals surface area contributed by atoms with Gasteiger partial charge in [-0.1, -0.05) is 13.8 Å². The molecule has 100 valence electrons. The predicted molar refractivity (Wildman–Crippen MR) is 73.9 cm³/mol. The zero-order valence-corrected chi connectivity index (χ0v) is 11.7. The highest BCUT2D eigenvalue weighted by Crippen LogP contribution is 2.38. The Balaban J connectivity index is 2.47. The zero-order chi connectivity index (χ0) is 13.1. The first kappa shape index (κ1) is 13.2. The van der Waals surface area contributed by atoms with Crippen molar-refractivity contribution < 1.29 is 9.47 Å². The number of methoxy groups -OCH3 is 2. The Labute approximate surface area is 109 Å². The molecule has 1 aliphatic rings. The van der Waals surface area contributed by atoms with Crippen LogP contribution in [0.4, 0.5) is 0 Å². The first-order chi connectivity index (χ1) is 8.67. The van der Waals surface area contributed by atoms with E-state index in [4.69, 9.17) is 9.47 Å². The summed E-state index contributed by atoms with van der Waals surface area (Å²) in [6.07, 6.45) is 1.20. The topological polar surface area (TPSA) is 30.5 Å². The Morgan fingerprint density at radius 1 is 1.17 bits per heavy atom. The molecule has 1 unspecified atom stereocenters. The summed E-state index contributed by atoms with van der Waals surface area (Å²) in [7, 11) is 3.39. The highest BCUT2D eigenvalue weighted by Gasteiger charge is 2.23. The maximum atomic E-state index is 5.43. The Morgan fingerprint density at radius 3 is 2.33 bits per heavy atom. The van der Waals surface area contributed by atoms with Gasteiger partial charge in [-0.25, -0.2) is 0 Å². The van der Waals surface area contributed by atoms with Crippen molar-refractivity contribution in [3.05, 3.63) is 23.3 Å². The van der Waals surface area contributed by atoms with Crippen molar-refractivity contribution in [1.29, 1.82) is 0 Å². The maximum absolute atomic E-state index is 5.43. The molecule has 0 saturated carbocycles. The van der Waals surface area contributed by atoms with Crippen LogP contribution in [0.1, 0.15) is 43.2 Å². The molecular weight excluding hydrogens is 226 g/mol. The van der Waals surface area contributed by atoms with Gasteiger partial charge >= 0.3 is 0 Å². The first-order valence-electron chi connectivity index (χ1n) is 6.64. The highest BCUT2D eigenvalue weighted by molar-refractivity contribution is 5.50. The van der Waals surface area contributed by atoms with Gasteiger partial charge < -0.3 is 14.8 Å². The molecule has 1 atom stereocenters. The number of hydrogen-bond donors (Lipinski definition) is 1. The molecule has 0 bridgehead atoms. The van der Waals surface area contributed by atoms with E-state index in [1.807, 2.05) is 0 Å². The van der Waals surface area contributed by atoms with E-state index in [1.165, 1.54) is 17.5 Å². The quantitative estimate of drug-likeness (QED) is 0.890. The predicted octanol–water partition coefficient (Wildman–Crippen LogP) is 2.90. The van der Waals surface area contributed by atoms with E-state index >= 15 is 0 Å². The van der Waals surface area contributed by atoms with E-state index in [-0.39, 0.29) is 0 Å². The Bertz CT molecular complexity index is 409. The van der Waals surface area contributed by atoms with E-state index in [2.05, 4.69) is 31.3 Å². The molecule has 1 fully saturated rings. The van der Waals surface area contributed by atoms with Gasteiger partial charge in [0.2, 0.25) is 0 Å². The molecule has 2 rings (SSSR count). The van der Waals surface area contributed by atoms with Crippen molar-refractivity contribution in [1.82, 2.24) is 5.32 Å². The van der Waals surface area contributed by atoms with E-state index in [0.29, 0.717) is 11.8 Å². The van der Waals surface area contributed by atoms with Crippen LogP contribution in [0.25, 0.3) is 0 Å². The van der Waals surface area contributed by atoms with Gasteiger partial charge in [0.15, 0.2) is 11.5 Å². The van der Waals surface area contributed by atoms with Crippen molar-refractivity contribution in [2.45, 2.75) is 32.1 Å². The number of ether oxygens (including phenoxy) is 2. The van der Waals surface area contributed by atoms with E-state index in [9.17, 15) is 0 Å². The highest BCUT2D eigenvalue weighted by atomic mass is 16.5. The van der Waals surface area contributed by atoms with Gasteiger partial charge in [0.25, 0.3) is 0 Å². The molecule has 1 aromatic carbocycles. The summed E-state index contributed by atoms with van der Waals surface area (Å²) in [5.41, 5.74) is 2.79. The summed E-state index contributed by atoms with van der Waals surface area (Å²) in [5, 5.41) is 3.43. The van der Waals surface area contributed by atoms with Crippen LogP contribution >= 0.6 is 0 Å². The van der Waals surface area contributed by atoms with E-state index in [0.717, 1.165) is 24.6 Å². The minimum absolute atomic E-state index is 0.500. The Kier molecular flexibility index (Phi) is 4.12. The number of hydrogen-bond acceptors (Lipinski definition) is 3. The van der Waals surface area contributed by atoms with Crippen LogP contribution in [0.15, 0.2) is 12.1 Å². The summed E-state index contributed by atoms with van der Waals surface area (Å²) >= 11 is 0. The first-order valence-corrected chi connectivity index (χ1v) is 6.64. The van der Waals surface area contributed by atoms with Crippen molar-refractivity contribution >= 4 is 0 Å². The minimum atomic E-state index is 0.500. The van der Waals surface area contributed by atoms with Gasteiger partial charge in [-0.3, -0.25) is 0 Å².